The molecule has 2 N–H and O–H groups in total. The van der Waals surface area contributed by atoms with E-state index in [1.54, 1.807) is 19.1 Å². The largest absolute Gasteiger partial charge is 0.480 e. The number of fused-ring (bicyclic) bond motifs is 4. The number of carbonyl (C=O) groups is 2. The summed E-state index contributed by atoms with van der Waals surface area (Å²) in [5.41, 5.74) is 0.647. The van der Waals surface area contributed by atoms with Crippen LogP contribution in [0.4, 0.5) is 18.9 Å². The molecule has 48 heavy (non-hydrogen) atoms. The van der Waals surface area contributed by atoms with Crippen molar-refractivity contribution in [2.75, 3.05) is 5.32 Å². The third-order valence-corrected chi connectivity index (χ3v) is 8.26. The van der Waals surface area contributed by atoms with E-state index in [0.717, 1.165) is 10.9 Å². The number of anilines is 1. The molecular weight excluding hydrogens is 655 g/mol. The molecule has 2 bridgehead atoms. The zero-order valence-electron chi connectivity index (χ0n) is 25.2. The summed E-state index contributed by atoms with van der Waals surface area (Å²) in [6.45, 7) is 1.35. The van der Waals surface area contributed by atoms with Crippen molar-refractivity contribution in [2.24, 2.45) is 5.92 Å². The summed E-state index contributed by atoms with van der Waals surface area (Å²) in [7, 11) is 0. The fourth-order valence-corrected chi connectivity index (χ4v) is 5.80. The number of nitrogens with zero attached hydrogens (tertiary/aromatic N) is 8. The van der Waals surface area contributed by atoms with Crippen molar-refractivity contribution < 1.29 is 27.9 Å². The number of amides is 1. The van der Waals surface area contributed by atoms with Gasteiger partial charge in [-0.3, -0.25) is 28.6 Å². The second kappa shape index (κ2) is 13.0. The van der Waals surface area contributed by atoms with Gasteiger partial charge in [0, 0.05) is 34.3 Å². The first kappa shape index (κ1) is 32.6. The van der Waals surface area contributed by atoms with E-state index in [0.29, 0.717) is 48.3 Å². The molecule has 0 saturated carbocycles. The van der Waals surface area contributed by atoms with Crippen LogP contribution in [0.1, 0.15) is 50.0 Å². The molecule has 248 valence electrons. The predicted molar refractivity (Wildman–Crippen MR) is 166 cm³/mol. The van der Waals surface area contributed by atoms with Gasteiger partial charge in [0.2, 0.25) is 5.91 Å². The Bertz CT molecular complexity index is 2070. The SMILES string of the molecule is CC1CCCCC(n2cnc(-c3cc(Cl)ccc3-n3cc(C(F)(F)F)nn3)cc2=O)c2cc(ccn2)-c2c(cnn2CC(=O)O)NC1=O. The second-order valence-electron chi connectivity index (χ2n) is 11.3. The number of halogens is 4. The molecule has 6 rings (SSSR count). The number of nitrogens with one attached hydrogen (secondary N) is 1. The molecule has 0 spiro atoms. The van der Waals surface area contributed by atoms with E-state index in [4.69, 9.17) is 11.6 Å². The van der Waals surface area contributed by atoms with Crippen molar-refractivity contribution in [1.29, 1.82) is 0 Å². The fourth-order valence-electron chi connectivity index (χ4n) is 5.63. The maximum absolute atomic E-state index is 13.8. The molecule has 0 saturated heterocycles. The zero-order valence-corrected chi connectivity index (χ0v) is 26.0. The molecule has 1 aromatic carbocycles. The van der Waals surface area contributed by atoms with Crippen molar-refractivity contribution in [3.8, 4) is 28.2 Å². The van der Waals surface area contributed by atoms with Crippen LogP contribution in [0.25, 0.3) is 28.2 Å². The van der Waals surface area contributed by atoms with E-state index in [2.05, 4.69) is 30.7 Å². The summed E-state index contributed by atoms with van der Waals surface area (Å²) >= 11 is 6.24. The van der Waals surface area contributed by atoms with Crippen LogP contribution in [-0.4, -0.2) is 56.3 Å². The van der Waals surface area contributed by atoms with E-state index >= 15 is 0 Å². The molecule has 2 unspecified atom stereocenters. The zero-order chi connectivity index (χ0) is 34.2. The summed E-state index contributed by atoms with van der Waals surface area (Å²) in [5, 5.41) is 23.7. The minimum absolute atomic E-state index is 0.143. The van der Waals surface area contributed by atoms with Crippen LogP contribution < -0.4 is 10.9 Å². The van der Waals surface area contributed by atoms with Gasteiger partial charge >= 0.3 is 12.1 Å². The maximum atomic E-state index is 13.8. The van der Waals surface area contributed by atoms with Gasteiger partial charge in [0.05, 0.1) is 53.2 Å². The molecule has 5 aromatic rings. The van der Waals surface area contributed by atoms with Crippen LogP contribution in [0.15, 0.2) is 66.1 Å². The summed E-state index contributed by atoms with van der Waals surface area (Å²) in [5.74, 6) is -1.71. The van der Waals surface area contributed by atoms with Gasteiger partial charge in [-0.05, 0) is 43.2 Å². The van der Waals surface area contributed by atoms with Crippen molar-refractivity contribution in [2.45, 2.75) is 51.4 Å². The molecule has 1 amide bonds. The molecule has 0 aliphatic carbocycles. The number of aliphatic carboxylic acids is 1. The van der Waals surface area contributed by atoms with Crippen LogP contribution >= 0.6 is 11.6 Å². The second-order valence-corrected chi connectivity index (χ2v) is 11.8. The lowest BCUT2D eigenvalue weighted by Gasteiger charge is -2.20. The van der Waals surface area contributed by atoms with Gasteiger partial charge in [-0.15, -0.1) is 5.10 Å². The highest BCUT2D eigenvalue weighted by Gasteiger charge is 2.35. The molecule has 0 radical (unpaired) electrons. The first-order chi connectivity index (χ1) is 22.9. The number of carboxylic acids is 1. The molecular formula is C31H27ClF3N9O4. The summed E-state index contributed by atoms with van der Waals surface area (Å²) in [6.07, 6.45) is 2.62. The van der Waals surface area contributed by atoms with Crippen molar-refractivity contribution in [1.82, 2.24) is 39.3 Å². The van der Waals surface area contributed by atoms with Gasteiger partial charge in [-0.2, -0.15) is 18.3 Å². The average molecular weight is 682 g/mol. The first-order valence-electron chi connectivity index (χ1n) is 14.8. The highest BCUT2D eigenvalue weighted by Crippen LogP contribution is 2.34. The van der Waals surface area contributed by atoms with Gasteiger partial charge in [0.15, 0.2) is 5.69 Å². The smallest absolute Gasteiger partial charge is 0.436 e. The van der Waals surface area contributed by atoms with E-state index in [9.17, 15) is 32.7 Å². The molecule has 5 heterocycles. The third-order valence-electron chi connectivity index (χ3n) is 8.03. The normalized spacial score (nSPS) is 17.1. The fraction of sp³-hybridized carbons (Fsp3) is 0.290. The van der Waals surface area contributed by atoms with E-state index < -0.39 is 36.0 Å². The highest BCUT2D eigenvalue weighted by molar-refractivity contribution is 6.31. The minimum atomic E-state index is -4.71. The summed E-state index contributed by atoms with van der Waals surface area (Å²) < 4.78 is 43.3. The number of benzene rings is 1. The number of hydrogen-bond acceptors (Lipinski definition) is 8. The summed E-state index contributed by atoms with van der Waals surface area (Å²) in [4.78, 5) is 47.5. The van der Waals surface area contributed by atoms with Crippen LogP contribution in [0.3, 0.4) is 0 Å². The minimum Gasteiger partial charge on any atom is -0.480 e. The van der Waals surface area contributed by atoms with Crippen LogP contribution in [0, 0.1) is 5.92 Å². The van der Waals surface area contributed by atoms with E-state index in [-0.39, 0.29) is 33.8 Å². The average Bonchev–Trinajstić information content (AvgIpc) is 3.68. The Hall–Kier alpha value is -5.38. The Labute approximate surface area is 275 Å². The standard InChI is InChI=1S/C31H27ClF3N9O4/c1-17-4-2-3-5-25(22-10-18(8-9-36-22)29-23(39-30(17)48)13-38-44(29)15-28(46)47)42-16-37-21(12-27(42)45)20-11-19(32)6-7-24(20)43-14-26(40-41-43)31(33,34)35/h6-14,16-17,25H,2-5,15H2,1H3,(H,39,48)(H,46,47). The molecule has 1 aliphatic heterocycles. The third kappa shape index (κ3) is 6.69. The number of alkyl halides is 3. The number of pyridine rings is 1. The van der Waals surface area contributed by atoms with Gasteiger partial charge in [-0.1, -0.05) is 36.6 Å². The first-order valence-corrected chi connectivity index (χ1v) is 15.2. The van der Waals surface area contributed by atoms with E-state index in [1.165, 1.54) is 52.2 Å². The number of carboxylic acid groups (broad SMARTS) is 1. The topological polar surface area (TPSA) is 163 Å². The quantitative estimate of drug-likeness (QED) is 0.252. The van der Waals surface area contributed by atoms with Crippen LogP contribution in [0.2, 0.25) is 5.02 Å². The van der Waals surface area contributed by atoms with Crippen molar-refractivity contribution >= 4 is 29.2 Å². The molecule has 1 aliphatic rings. The lowest BCUT2D eigenvalue weighted by molar-refractivity contribution is -0.141. The molecule has 13 nitrogen and oxygen atoms in total. The lowest BCUT2D eigenvalue weighted by atomic mass is 9.99. The number of hydrogen-bond donors (Lipinski definition) is 2. The molecule has 17 heteroatoms. The van der Waals surface area contributed by atoms with E-state index in [1.807, 2.05) is 0 Å². The molecule has 4 aromatic heterocycles. The Morgan fingerprint density at radius 1 is 1.10 bits per heavy atom. The predicted octanol–water partition coefficient (Wildman–Crippen LogP) is 5.24. The summed E-state index contributed by atoms with van der Waals surface area (Å²) in [6, 6.07) is 8.42. The highest BCUT2D eigenvalue weighted by atomic mass is 35.5. The van der Waals surface area contributed by atoms with Gasteiger partial charge in [0.25, 0.3) is 5.56 Å². The Morgan fingerprint density at radius 3 is 2.62 bits per heavy atom. The molecule has 2 atom stereocenters. The van der Waals surface area contributed by atoms with Gasteiger partial charge in [0.1, 0.15) is 6.54 Å². The lowest BCUT2D eigenvalue weighted by Crippen LogP contribution is -2.26. The number of rotatable bonds is 5. The number of aromatic nitrogens is 8. The van der Waals surface area contributed by atoms with Gasteiger partial charge < -0.3 is 10.4 Å². The van der Waals surface area contributed by atoms with Gasteiger partial charge in [-0.25, -0.2) is 9.67 Å². The molecule has 0 fully saturated rings. The Balaban J connectivity index is 1.42. The van der Waals surface area contributed by atoms with Crippen LogP contribution in [0.5, 0.6) is 0 Å². The van der Waals surface area contributed by atoms with Crippen molar-refractivity contribution in [3.63, 3.8) is 0 Å². The van der Waals surface area contributed by atoms with Crippen molar-refractivity contribution in [3.05, 3.63) is 88.1 Å². The monoisotopic (exact) mass is 681 g/mol. The Morgan fingerprint density at radius 2 is 1.90 bits per heavy atom. The van der Waals surface area contributed by atoms with Crippen LogP contribution in [-0.2, 0) is 22.3 Å². The maximum Gasteiger partial charge on any atom is 0.436 e. The number of carbonyl (C=O) groups excluding carboxylic acids is 1. The Kier molecular flexibility index (Phi) is 8.83.